The Kier molecular flexibility index (Phi) is 4.98. The topological polar surface area (TPSA) is 57.5 Å². The predicted molar refractivity (Wildman–Crippen MR) is 107 cm³/mol. The maximum Gasteiger partial charge on any atom is 0.332 e. The van der Waals surface area contributed by atoms with Crippen LogP contribution >= 0.6 is 0 Å². The molecule has 0 bridgehead atoms. The molecule has 152 valence electrons. The van der Waals surface area contributed by atoms with Crippen LogP contribution in [0.25, 0.3) is 0 Å². The second-order valence-electron chi connectivity index (χ2n) is 10.8. The Morgan fingerprint density at radius 3 is 2.70 bits per heavy atom. The summed E-state index contributed by atoms with van der Waals surface area (Å²) >= 11 is 0. The van der Waals surface area contributed by atoms with Crippen LogP contribution in [-0.4, -0.2) is 22.3 Å². The second-order valence-corrected chi connectivity index (χ2v) is 10.8. The van der Waals surface area contributed by atoms with Crippen LogP contribution in [0, 0.1) is 40.4 Å². The molecule has 0 aromatic heterocycles. The molecule has 3 saturated carbocycles. The number of aliphatic carboxylic acids is 1. The maximum absolute atomic E-state index is 11.1. The van der Waals surface area contributed by atoms with E-state index in [0.717, 1.165) is 17.8 Å². The molecule has 0 aromatic rings. The molecule has 3 nitrogen and oxygen atoms in total. The molecule has 3 heteroatoms. The van der Waals surface area contributed by atoms with Crippen molar-refractivity contribution < 1.29 is 15.0 Å². The molecular weight excluding hydrogens is 336 g/mol. The first-order valence-corrected chi connectivity index (χ1v) is 11.4. The summed E-state index contributed by atoms with van der Waals surface area (Å²) in [7, 11) is 0. The molecule has 1 unspecified atom stereocenters. The van der Waals surface area contributed by atoms with E-state index in [-0.39, 0.29) is 5.92 Å². The van der Waals surface area contributed by atoms with Crippen molar-refractivity contribution in [2.45, 2.75) is 91.1 Å². The molecule has 4 aliphatic rings. The molecule has 0 amide bonds. The van der Waals surface area contributed by atoms with Crippen LogP contribution in [0.3, 0.4) is 0 Å². The van der Waals surface area contributed by atoms with Crippen LogP contribution in [0.5, 0.6) is 0 Å². The fourth-order valence-electron chi connectivity index (χ4n) is 8.29. The summed E-state index contributed by atoms with van der Waals surface area (Å²) in [6, 6.07) is 0. The van der Waals surface area contributed by atoms with E-state index in [4.69, 9.17) is 5.11 Å². The molecule has 0 aromatic carbocycles. The van der Waals surface area contributed by atoms with Crippen LogP contribution in [0.4, 0.5) is 0 Å². The lowest BCUT2D eigenvalue weighted by Gasteiger charge is -2.58. The molecule has 4 aliphatic carbocycles. The van der Waals surface area contributed by atoms with E-state index in [1.54, 1.807) is 5.57 Å². The average Bonchev–Trinajstić information content (AvgIpc) is 2.98. The molecule has 0 heterocycles. The van der Waals surface area contributed by atoms with Gasteiger partial charge in [0.1, 0.15) is 0 Å². The zero-order valence-electron chi connectivity index (χ0n) is 17.4. The third kappa shape index (κ3) is 2.99. The minimum atomic E-state index is -1.21. The molecule has 4 rings (SSSR count). The largest absolute Gasteiger partial charge is 0.479 e. The lowest BCUT2D eigenvalue weighted by Crippen LogP contribution is -2.50. The summed E-state index contributed by atoms with van der Waals surface area (Å²) in [6.45, 7) is 7.24. The van der Waals surface area contributed by atoms with Crippen LogP contribution < -0.4 is 0 Å². The number of aliphatic hydroxyl groups excluding tert-OH is 1. The molecule has 27 heavy (non-hydrogen) atoms. The van der Waals surface area contributed by atoms with E-state index >= 15 is 0 Å². The smallest absolute Gasteiger partial charge is 0.332 e. The predicted octanol–water partition coefficient (Wildman–Crippen LogP) is 5.43. The number of carbonyl (C=O) groups is 1. The Balaban J connectivity index is 1.55. The highest BCUT2D eigenvalue weighted by atomic mass is 16.4. The van der Waals surface area contributed by atoms with Gasteiger partial charge in [-0.15, -0.1) is 0 Å². The van der Waals surface area contributed by atoms with Crippen LogP contribution in [0.2, 0.25) is 0 Å². The Morgan fingerprint density at radius 2 is 1.96 bits per heavy atom. The van der Waals surface area contributed by atoms with Gasteiger partial charge in [-0.25, -0.2) is 4.79 Å². The van der Waals surface area contributed by atoms with Crippen molar-refractivity contribution >= 4 is 5.97 Å². The van der Waals surface area contributed by atoms with Crippen molar-refractivity contribution in [2.24, 2.45) is 40.4 Å². The highest BCUT2D eigenvalue weighted by Gasteiger charge is 2.58. The molecule has 0 spiro atoms. The number of hydrogen-bond acceptors (Lipinski definition) is 2. The van der Waals surface area contributed by atoms with Gasteiger partial charge < -0.3 is 10.2 Å². The Hall–Kier alpha value is -0.830. The average molecular weight is 375 g/mol. The van der Waals surface area contributed by atoms with Gasteiger partial charge in [-0.1, -0.05) is 38.8 Å². The lowest BCUT2D eigenvalue weighted by atomic mass is 9.47. The van der Waals surface area contributed by atoms with Gasteiger partial charge in [0, 0.05) is 0 Å². The number of aliphatic hydroxyl groups is 1. The quantitative estimate of drug-likeness (QED) is 0.645. The van der Waals surface area contributed by atoms with Crippen LogP contribution in [-0.2, 0) is 4.79 Å². The monoisotopic (exact) mass is 374 g/mol. The minimum Gasteiger partial charge on any atom is -0.479 e. The third-order valence-electron chi connectivity index (χ3n) is 9.66. The first-order valence-electron chi connectivity index (χ1n) is 11.4. The molecule has 0 aliphatic heterocycles. The van der Waals surface area contributed by atoms with E-state index in [2.05, 4.69) is 26.8 Å². The SMILES string of the molecule is C[C@H](CC(O)C(=O)O)[C@H]1CC[C@H]2[C@@H]3CC=C4CCCC[C@]4(C)[C@H]3CC[C@]12C. The number of fused-ring (bicyclic) bond motifs is 5. The van der Waals surface area contributed by atoms with E-state index in [0.29, 0.717) is 23.2 Å². The van der Waals surface area contributed by atoms with Gasteiger partial charge >= 0.3 is 5.97 Å². The number of carboxylic acid groups (broad SMARTS) is 1. The Labute approximate surface area is 164 Å². The Morgan fingerprint density at radius 1 is 1.19 bits per heavy atom. The van der Waals surface area contributed by atoms with Crippen molar-refractivity contribution in [2.75, 3.05) is 0 Å². The summed E-state index contributed by atoms with van der Waals surface area (Å²) in [5, 5.41) is 19.0. The van der Waals surface area contributed by atoms with Crippen molar-refractivity contribution in [1.82, 2.24) is 0 Å². The maximum atomic E-state index is 11.1. The van der Waals surface area contributed by atoms with Gasteiger partial charge in [0.15, 0.2) is 6.10 Å². The summed E-state index contributed by atoms with van der Waals surface area (Å²) in [4.78, 5) is 11.1. The number of allylic oxidation sites excluding steroid dienone is 2. The zero-order chi connectivity index (χ0) is 19.4. The van der Waals surface area contributed by atoms with E-state index in [1.807, 2.05) is 0 Å². The van der Waals surface area contributed by atoms with Crippen LogP contribution in [0.1, 0.15) is 85.0 Å². The van der Waals surface area contributed by atoms with Crippen molar-refractivity contribution in [3.63, 3.8) is 0 Å². The summed E-state index contributed by atoms with van der Waals surface area (Å²) in [5.74, 6) is 2.22. The van der Waals surface area contributed by atoms with Crippen molar-refractivity contribution in [1.29, 1.82) is 0 Å². The third-order valence-corrected chi connectivity index (χ3v) is 9.66. The molecule has 8 atom stereocenters. The zero-order valence-corrected chi connectivity index (χ0v) is 17.4. The van der Waals surface area contributed by atoms with Crippen LogP contribution in [0.15, 0.2) is 11.6 Å². The molecular formula is C24H38O3. The first-order chi connectivity index (χ1) is 12.8. The summed E-state index contributed by atoms with van der Waals surface area (Å²) in [5.41, 5.74) is 2.55. The molecule has 0 saturated heterocycles. The fraction of sp³-hybridized carbons (Fsp3) is 0.875. The molecule has 2 N–H and O–H groups in total. The molecule has 3 fully saturated rings. The minimum absolute atomic E-state index is 0.280. The van der Waals surface area contributed by atoms with Crippen molar-refractivity contribution in [3.8, 4) is 0 Å². The van der Waals surface area contributed by atoms with E-state index in [1.165, 1.54) is 57.8 Å². The second kappa shape index (κ2) is 6.90. The van der Waals surface area contributed by atoms with E-state index < -0.39 is 12.1 Å². The van der Waals surface area contributed by atoms with Crippen molar-refractivity contribution in [3.05, 3.63) is 11.6 Å². The van der Waals surface area contributed by atoms with Gasteiger partial charge in [0.05, 0.1) is 0 Å². The Bertz CT molecular complexity index is 625. The normalized spacial score (nSPS) is 45.9. The van der Waals surface area contributed by atoms with Gasteiger partial charge in [0.25, 0.3) is 0 Å². The van der Waals surface area contributed by atoms with Gasteiger partial charge in [-0.05, 0) is 98.2 Å². The highest BCUT2D eigenvalue weighted by molar-refractivity contribution is 5.71. The van der Waals surface area contributed by atoms with Gasteiger partial charge in [-0.2, -0.15) is 0 Å². The summed E-state index contributed by atoms with van der Waals surface area (Å²) < 4.78 is 0. The standard InChI is InChI=1S/C24H38O3/c1-15(14-21(25)22(26)27)18-9-10-19-17-8-7-16-6-4-5-12-23(16,2)20(17)11-13-24(18,19)3/h7,15,17-21,25H,4-6,8-14H2,1-3H3,(H,26,27)/t15-,17+,18-,19+,20+,21?,23+,24-/m1/s1. The van der Waals surface area contributed by atoms with E-state index in [9.17, 15) is 9.90 Å². The van der Waals surface area contributed by atoms with Gasteiger partial charge in [-0.3, -0.25) is 0 Å². The number of rotatable bonds is 4. The first kappa shape index (κ1) is 19.5. The fourth-order valence-corrected chi connectivity index (χ4v) is 8.29. The summed E-state index contributed by atoms with van der Waals surface area (Å²) in [6.07, 6.45) is 13.7. The lowest BCUT2D eigenvalue weighted by molar-refractivity contribution is -0.148. The van der Waals surface area contributed by atoms with Gasteiger partial charge in [0.2, 0.25) is 0 Å². The highest BCUT2D eigenvalue weighted by Crippen LogP contribution is 2.67. The molecule has 0 radical (unpaired) electrons. The number of hydrogen-bond donors (Lipinski definition) is 2. The number of carboxylic acids is 1.